The van der Waals surface area contributed by atoms with Gasteiger partial charge in [-0.3, -0.25) is 57.5 Å². The van der Waals surface area contributed by atoms with Crippen molar-refractivity contribution in [3.63, 3.8) is 0 Å². The van der Waals surface area contributed by atoms with E-state index in [4.69, 9.17) is 25.7 Å². The highest BCUT2D eigenvalue weighted by atomic mass is 32.2. The van der Waals surface area contributed by atoms with E-state index in [0.717, 1.165) is 32.5 Å². The molecule has 0 bridgehead atoms. The van der Waals surface area contributed by atoms with E-state index in [1.54, 1.807) is 19.9 Å². The Balaban J connectivity index is 2.10. The van der Waals surface area contributed by atoms with Gasteiger partial charge in [-0.15, -0.1) is 11.8 Å². The molecule has 10 atom stereocenters. The molecule has 0 radical (unpaired) electrons. The highest BCUT2D eigenvalue weighted by molar-refractivity contribution is 7.99. The first kappa shape index (κ1) is 61.1. The fourth-order valence-corrected chi connectivity index (χ4v) is 8.56. The van der Waals surface area contributed by atoms with Gasteiger partial charge in [0.05, 0.1) is 48.1 Å². The SMILES string of the molecule is CC[C@H](C)[C@@H]1NC(=O)CNC(=O)[C@H](N)Cc2c([nH]c3cc(OC(C)=O)ccc23)SCC(C(=O)NC(CC(N)=O)C(=O)N(C[C@@H](C)O)[C@@H](C)C(=O)N[C@](O)(C=O)[C@@H](C)[C@H](COC(C)=O)OC(C)=O)NC(=O)CNC1=O. The zero-order chi connectivity index (χ0) is 55.8. The van der Waals surface area contributed by atoms with Gasteiger partial charge in [0.2, 0.25) is 53.0 Å². The number of aldehydes is 1. The minimum atomic E-state index is -2.85. The van der Waals surface area contributed by atoms with E-state index >= 15 is 0 Å². The van der Waals surface area contributed by atoms with Crippen molar-refractivity contribution in [1.29, 1.82) is 0 Å². The van der Waals surface area contributed by atoms with Crippen LogP contribution in [0.5, 0.6) is 5.75 Å². The highest BCUT2D eigenvalue weighted by Gasteiger charge is 2.44. The number of primary amides is 1. The third kappa shape index (κ3) is 17.8. The molecule has 0 saturated carbocycles. The Labute approximate surface area is 429 Å². The largest absolute Gasteiger partial charge is 0.462 e. The second-order valence-electron chi connectivity index (χ2n) is 17.8. The van der Waals surface area contributed by atoms with Crippen molar-refractivity contribution in [2.75, 3.05) is 32.0 Å². The van der Waals surface area contributed by atoms with E-state index in [1.807, 2.05) is 0 Å². The summed E-state index contributed by atoms with van der Waals surface area (Å²) >= 11 is 0.923. The van der Waals surface area contributed by atoms with Gasteiger partial charge in [0.25, 0.3) is 0 Å². The maximum absolute atomic E-state index is 14.5. The summed E-state index contributed by atoms with van der Waals surface area (Å²) in [5.74, 6) is -12.4. The maximum atomic E-state index is 14.5. The van der Waals surface area contributed by atoms with Crippen LogP contribution in [-0.2, 0) is 73.4 Å². The van der Waals surface area contributed by atoms with Gasteiger partial charge in [-0.1, -0.05) is 27.2 Å². The van der Waals surface area contributed by atoms with Crippen molar-refractivity contribution in [3.05, 3.63) is 23.8 Å². The summed E-state index contributed by atoms with van der Waals surface area (Å²) in [6.07, 6.45) is -3.66. The molecule has 2 heterocycles. The normalized spacial score (nSPS) is 20.2. The third-order valence-electron chi connectivity index (χ3n) is 11.7. The van der Waals surface area contributed by atoms with Crippen LogP contribution >= 0.6 is 11.8 Å². The first-order valence-electron chi connectivity index (χ1n) is 23.3. The van der Waals surface area contributed by atoms with Crippen LogP contribution in [0, 0.1) is 11.8 Å². The summed E-state index contributed by atoms with van der Waals surface area (Å²) in [5, 5.41) is 37.1. The van der Waals surface area contributed by atoms with E-state index in [9.17, 15) is 67.7 Å². The smallest absolute Gasteiger partial charge is 0.308 e. The van der Waals surface area contributed by atoms with Gasteiger partial charge < -0.3 is 77.7 Å². The van der Waals surface area contributed by atoms with Crippen LogP contribution < -0.4 is 48.1 Å². The minimum absolute atomic E-state index is 0.0922. The average Bonchev–Trinajstić information content (AvgIpc) is 3.66. The van der Waals surface area contributed by atoms with Crippen molar-refractivity contribution in [2.45, 2.75) is 128 Å². The zero-order valence-corrected chi connectivity index (χ0v) is 43.0. The number of fused-ring (bicyclic) bond motifs is 3. The van der Waals surface area contributed by atoms with Crippen molar-refractivity contribution in [2.24, 2.45) is 23.3 Å². The Bertz CT molecular complexity index is 2450. The number of rotatable bonds is 19. The van der Waals surface area contributed by atoms with E-state index in [2.05, 4.69) is 36.9 Å². The Morgan fingerprint density at radius 3 is 2.15 bits per heavy atom. The molecule has 0 fully saturated rings. The predicted molar refractivity (Wildman–Crippen MR) is 260 cm³/mol. The molecule has 0 aliphatic carbocycles. The van der Waals surface area contributed by atoms with Gasteiger partial charge in [-0.25, -0.2) is 0 Å². The first-order valence-corrected chi connectivity index (χ1v) is 24.3. The lowest BCUT2D eigenvalue weighted by molar-refractivity contribution is -0.173. The van der Waals surface area contributed by atoms with Crippen LogP contribution in [-0.4, -0.2) is 172 Å². The van der Waals surface area contributed by atoms with Gasteiger partial charge >= 0.3 is 17.9 Å². The number of nitrogens with two attached hydrogens (primary N) is 2. The Morgan fingerprint density at radius 1 is 0.946 bits per heavy atom. The molecule has 2 aromatic rings. The van der Waals surface area contributed by atoms with Crippen molar-refractivity contribution in [1.82, 2.24) is 41.8 Å². The Morgan fingerprint density at radius 2 is 1.58 bits per heavy atom. The predicted octanol–water partition coefficient (Wildman–Crippen LogP) is -3.59. The molecule has 2 unspecified atom stereocenters. The highest BCUT2D eigenvalue weighted by Crippen LogP contribution is 2.33. The van der Waals surface area contributed by atoms with Crippen molar-refractivity contribution >= 4 is 94.1 Å². The number of benzene rings is 1. The number of aromatic amines is 1. The molecule has 1 aliphatic rings. The molecule has 1 aromatic heterocycles. The molecule has 0 spiro atoms. The number of aliphatic hydroxyl groups excluding tert-OH is 1. The second-order valence-corrected chi connectivity index (χ2v) is 18.8. The van der Waals surface area contributed by atoms with E-state index < -0.39 is 158 Å². The topological polar surface area (TPSA) is 416 Å². The van der Waals surface area contributed by atoms with Crippen LogP contribution in [0.4, 0.5) is 0 Å². The number of hydrogen-bond acceptors (Lipinski definition) is 19. The molecule has 13 N–H and O–H groups in total. The van der Waals surface area contributed by atoms with Crippen LogP contribution in [0.2, 0.25) is 0 Å². The molecule has 408 valence electrons. The summed E-state index contributed by atoms with van der Waals surface area (Å²) < 4.78 is 15.3. The maximum Gasteiger partial charge on any atom is 0.308 e. The van der Waals surface area contributed by atoms with Gasteiger partial charge in [0.15, 0.2) is 6.29 Å². The number of ether oxygens (including phenoxy) is 3. The van der Waals surface area contributed by atoms with Crippen molar-refractivity contribution < 1.29 is 82.0 Å². The van der Waals surface area contributed by atoms with Crippen LogP contribution in [0.1, 0.15) is 73.8 Å². The number of nitrogens with zero attached hydrogens (tertiary/aromatic N) is 1. The molecule has 0 saturated heterocycles. The van der Waals surface area contributed by atoms with Crippen LogP contribution in [0.3, 0.4) is 0 Å². The molecule has 8 amide bonds. The monoisotopic (exact) mass is 1060 g/mol. The molecule has 74 heavy (non-hydrogen) atoms. The third-order valence-corrected chi connectivity index (χ3v) is 12.8. The van der Waals surface area contributed by atoms with Gasteiger partial charge in [0, 0.05) is 44.5 Å². The average molecular weight is 1060 g/mol. The standard InChI is InChI=1S/C46H66N10O17S/c1-9-21(2)39-43(68)50-15-37(63)51-34(19-74-44-30(13-31(47)41(66)49-16-38(64)54-39)29-11-10-28(72-26(7)60)12-32(29)53-44)42(67)52-33(14-36(48)62)45(69)56(17-22(3)58)24(5)40(65)55-46(70,20-57)23(4)35(73-27(8)61)18-71-25(6)59/h10-12,20-24,31,33-35,39,53,58,70H,9,13-19,47H2,1-8H3,(H2,48,62)(H,49,66)(H,50,68)(H,51,63)(H,52,67)(H,54,64)(H,55,65)/t21-,22+,23-,24-,31+,33?,34?,35-,39-,46-/m0/s1. The number of aliphatic hydroxyl groups is 2. The number of thioether (sulfide) groups is 1. The lowest BCUT2D eigenvalue weighted by atomic mass is 9.92. The van der Waals surface area contributed by atoms with E-state index in [0.29, 0.717) is 32.8 Å². The number of H-pyrrole nitrogens is 1. The molecular formula is C46H66N10O17S. The van der Waals surface area contributed by atoms with E-state index in [1.165, 1.54) is 32.9 Å². The van der Waals surface area contributed by atoms with Crippen molar-refractivity contribution in [3.8, 4) is 5.75 Å². The number of amides is 8. The summed E-state index contributed by atoms with van der Waals surface area (Å²) in [5.41, 5.74) is 9.88. The summed E-state index contributed by atoms with van der Waals surface area (Å²) in [7, 11) is 0. The fraction of sp³-hybridized carbons (Fsp3) is 0.565. The first-order chi connectivity index (χ1) is 34.6. The van der Waals surface area contributed by atoms with Gasteiger partial charge in [0.1, 0.15) is 42.6 Å². The Kier molecular flexibility index (Phi) is 22.9. The molecule has 28 heteroatoms. The van der Waals surface area contributed by atoms with Crippen LogP contribution in [0.15, 0.2) is 23.2 Å². The van der Waals surface area contributed by atoms with E-state index in [-0.39, 0.29) is 24.2 Å². The fourth-order valence-electron chi connectivity index (χ4n) is 7.44. The molecule has 27 nitrogen and oxygen atoms in total. The molecule has 1 aromatic carbocycles. The zero-order valence-electron chi connectivity index (χ0n) is 42.2. The number of carbonyl (C=O) groups excluding carboxylic acids is 12. The Hall–Kier alpha value is -7.17. The minimum Gasteiger partial charge on any atom is -0.462 e. The summed E-state index contributed by atoms with van der Waals surface area (Å²) in [6.45, 7) is 7.62. The van der Waals surface area contributed by atoms with Gasteiger partial charge in [-0.05, 0) is 43.9 Å². The molecular weight excluding hydrogens is 997 g/mol. The number of esters is 3. The number of hydrogen-bond donors (Lipinski definition) is 11. The molecule has 1 aliphatic heterocycles. The van der Waals surface area contributed by atoms with Gasteiger partial charge in [-0.2, -0.15) is 0 Å². The lowest BCUT2D eigenvalue weighted by Gasteiger charge is -2.37. The lowest BCUT2D eigenvalue weighted by Crippen LogP contribution is -2.64. The number of carbonyl (C=O) groups is 12. The summed E-state index contributed by atoms with van der Waals surface area (Å²) in [6, 6.07) is -3.19. The molecule has 3 rings (SSSR count). The number of nitrogens with one attached hydrogen (secondary N) is 7. The number of aromatic nitrogens is 1. The quantitative estimate of drug-likeness (QED) is 0.0280. The second kappa shape index (κ2) is 27.8. The summed E-state index contributed by atoms with van der Waals surface area (Å²) in [4.78, 5) is 160. The van der Waals surface area contributed by atoms with Crippen LogP contribution in [0.25, 0.3) is 10.9 Å².